The third-order valence-corrected chi connectivity index (χ3v) is 3.84. The van der Waals surface area contributed by atoms with E-state index in [0.29, 0.717) is 25.7 Å². The molecule has 1 unspecified atom stereocenters. The van der Waals surface area contributed by atoms with E-state index < -0.39 is 0 Å². The monoisotopic (exact) mass is 283 g/mol. The Morgan fingerprint density at radius 3 is 2.57 bits per heavy atom. The molecular formula is C18H21NO2. The van der Waals surface area contributed by atoms with Crippen LogP contribution in [0, 0.1) is 12.8 Å². The van der Waals surface area contributed by atoms with Crippen molar-refractivity contribution < 1.29 is 9.47 Å². The first-order valence-corrected chi connectivity index (χ1v) is 7.37. The van der Waals surface area contributed by atoms with Crippen molar-refractivity contribution >= 4 is 0 Å². The van der Waals surface area contributed by atoms with Gasteiger partial charge >= 0.3 is 0 Å². The van der Waals surface area contributed by atoms with Crippen LogP contribution in [-0.4, -0.2) is 13.2 Å². The largest absolute Gasteiger partial charge is 0.489 e. The molecule has 1 heterocycles. The maximum Gasteiger partial charge on any atom is 0.161 e. The van der Waals surface area contributed by atoms with E-state index in [4.69, 9.17) is 15.2 Å². The second-order valence-corrected chi connectivity index (χ2v) is 5.74. The number of benzene rings is 2. The second kappa shape index (κ2) is 5.78. The number of aryl methyl sites for hydroxylation is 1. The van der Waals surface area contributed by atoms with Crippen molar-refractivity contribution in [3.8, 4) is 22.6 Å². The van der Waals surface area contributed by atoms with Gasteiger partial charge in [0.25, 0.3) is 0 Å². The second-order valence-electron chi connectivity index (χ2n) is 5.74. The highest BCUT2D eigenvalue weighted by Crippen LogP contribution is 2.36. The lowest BCUT2D eigenvalue weighted by Gasteiger charge is -2.12. The molecule has 3 nitrogen and oxygen atoms in total. The van der Waals surface area contributed by atoms with Crippen molar-refractivity contribution in [1.82, 2.24) is 0 Å². The first-order chi connectivity index (χ1) is 10.2. The van der Waals surface area contributed by atoms with Gasteiger partial charge in [0.1, 0.15) is 0 Å². The minimum absolute atomic E-state index is 0.406. The van der Waals surface area contributed by atoms with Crippen molar-refractivity contribution in [3.05, 3.63) is 47.5 Å². The summed E-state index contributed by atoms with van der Waals surface area (Å²) < 4.78 is 11.7. The zero-order chi connectivity index (χ0) is 14.8. The molecule has 110 valence electrons. The molecule has 1 aliphatic heterocycles. The smallest absolute Gasteiger partial charge is 0.161 e. The van der Waals surface area contributed by atoms with Gasteiger partial charge in [-0.2, -0.15) is 0 Å². The number of hydrogen-bond acceptors (Lipinski definition) is 3. The number of rotatable bonds is 2. The Balaban J connectivity index is 2.01. The highest BCUT2D eigenvalue weighted by molar-refractivity contribution is 5.71. The van der Waals surface area contributed by atoms with Gasteiger partial charge in [-0.05, 0) is 47.4 Å². The van der Waals surface area contributed by atoms with Crippen LogP contribution in [0.2, 0.25) is 0 Å². The molecule has 0 bridgehead atoms. The first kappa shape index (κ1) is 14.0. The molecule has 21 heavy (non-hydrogen) atoms. The van der Waals surface area contributed by atoms with Crippen LogP contribution in [0.5, 0.6) is 11.5 Å². The summed E-state index contributed by atoms with van der Waals surface area (Å²) in [7, 11) is 0. The molecule has 2 N–H and O–H groups in total. The maximum absolute atomic E-state index is 5.87. The van der Waals surface area contributed by atoms with Crippen LogP contribution in [0.1, 0.15) is 18.1 Å². The topological polar surface area (TPSA) is 44.5 Å². The molecular weight excluding hydrogens is 262 g/mol. The highest BCUT2D eigenvalue weighted by Gasteiger charge is 2.16. The predicted octanol–water partition coefficient (Wildman–Crippen LogP) is 3.53. The zero-order valence-electron chi connectivity index (χ0n) is 12.6. The molecule has 2 aromatic carbocycles. The summed E-state index contributed by atoms with van der Waals surface area (Å²) in [6.45, 7) is 6.18. The molecule has 1 aliphatic rings. The fourth-order valence-corrected chi connectivity index (χ4v) is 2.53. The van der Waals surface area contributed by atoms with Crippen molar-refractivity contribution in [3.63, 3.8) is 0 Å². The lowest BCUT2D eigenvalue weighted by atomic mass is 9.98. The van der Waals surface area contributed by atoms with Gasteiger partial charge in [-0.3, -0.25) is 0 Å². The molecule has 0 fully saturated rings. The summed E-state index contributed by atoms with van der Waals surface area (Å²) in [6, 6.07) is 12.5. The Morgan fingerprint density at radius 2 is 1.81 bits per heavy atom. The fourth-order valence-electron chi connectivity index (χ4n) is 2.53. The fraction of sp³-hybridized carbons (Fsp3) is 0.333. The van der Waals surface area contributed by atoms with E-state index in [9.17, 15) is 0 Å². The van der Waals surface area contributed by atoms with Crippen molar-refractivity contribution in [2.24, 2.45) is 11.7 Å². The van der Waals surface area contributed by atoms with E-state index in [0.717, 1.165) is 22.6 Å². The molecule has 1 atom stereocenters. The van der Waals surface area contributed by atoms with E-state index in [1.54, 1.807) is 0 Å². The minimum atomic E-state index is 0.406. The summed E-state index contributed by atoms with van der Waals surface area (Å²) in [5, 5.41) is 0. The van der Waals surface area contributed by atoms with E-state index >= 15 is 0 Å². The van der Waals surface area contributed by atoms with Gasteiger partial charge in [0.05, 0.1) is 13.2 Å². The molecule has 0 radical (unpaired) electrons. The molecule has 2 aromatic rings. The van der Waals surface area contributed by atoms with Gasteiger partial charge in [0.2, 0.25) is 0 Å². The third-order valence-electron chi connectivity index (χ3n) is 3.84. The number of hydrogen-bond donors (Lipinski definition) is 1. The van der Waals surface area contributed by atoms with Crippen molar-refractivity contribution in [2.45, 2.75) is 20.4 Å². The molecule has 0 saturated heterocycles. The maximum atomic E-state index is 5.87. The van der Waals surface area contributed by atoms with Crippen molar-refractivity contribution in [1.29, 1.82) is 0 Å². The van der Waals surface area contributed by atoms with Gasteiger partial charge in [-0.1, -0.05) is 25.1 Å². The van der Waals surface area contributed by atoms with Gasteiger partial charge in [0, 0.05) is 12.5 Å². The zero-order valence-corrected chi connectivity index (χ0v) is 12.6. The van der Waals surface area contributed by atoms with Crippen LogP contribution in [0.15, 0.2) is 36.4 Å². The number of nitrogens with two attached hydrogens (primary N) is 1. The van der Waals surface area contributed by atoms with Crippen LogP contribution in [0.3, 0.4) is 0 Å². The van der Waals surface area contributed by atoms with Crippen LogP contribution in [0.4, 0.5) is 0 Å². The van der Waals surface area contributed by atoms with Gasteiger partial charge in [-0.15, -0.1) is 0 Å². The first-order valence-electron chi connectivity index (χ1n) is 7.37. The Kier molecular flexibility index (Phi) is 3.84. The minimum Gasteiger partial charge on any atom is -0.489 e. The quantitative estimate of drug-likeness (QED) is 0.917. The average molecular weight is 283 g/mol. The number of ether oxygens (including phenoxy) is 2. The third kappa shape index (κ3) is 2.88. The Labute approximate surface area is 125 Å². The Bertz CT molecular complexity index is 652. The van der Waals surface area contributed by atoms with Crippen LogP contribution < -0.4 is 15.2 Å². The number of fused-ring (bicyclic) bond motifs is 1. The molecule has 0 aliphatic carbocycles. The molecule has 0 spiro atoms. The normalized spacial score (nSPS) is 17.4. The highest BCUT2D eigenvalue weighted by atomic mass is 16.5. The van der Waals surface area contributed by atoms with E-state index in [-0.39, 0.29) is 0 Å². The Morgan fingerprint density at radius 1 is 1.05 bits per heavy atom. The van der Waals surface area contributed by atoms with Crippen LogP contribution in [-0.2, 0) is 6.54 Å². The summed E-state index contributed by atoms with van der Waals surface area (Å²) in [5.74, 6) is 2.06. The molecule has 3 rings (SSSR count). The standard InChI is InChI=1S/C18H21NO2/c1-12-10-20-17-6-5-15(8-18(17)21-11-12)16-7-14(9-19)4-3-13(16)2/h3-8,12H,9-11,19H2,1-2H3. The van der Waals surface area contributed by atoms with Gasteiger partial charge in [-0.25, -0.2) is 0 Å². The van der Waals surface area contributed by atoms with Gasteiger partial charge < -0.3 is 15.2 Å². The molecule has 0 aromatic heterocycles. The van der Waals surface area contributed by atoms with Crippen LogP contribution >= 0.6 is 0 Å². The lowest BCUT2D eigenvalue weighted by Crippen LogP contribution is -2.12. The summed E-state index contributed by atoms with van der Waals surface area (Å²) in [5.41, 5.74) is 10.5. The van der Waals surface area contributed by atoms with Crippen LogP contribution in [0.25, 0.3) is 11.1 Å². The summed E-state index contributed by atoms with van der Waals surface area (Å²) in [4.78, 5) is 0. The van der Waals surface area contributed by atoms with Gasteiger partial charge in [0.15, 0.2) is 11.5 Å². The Hall–Kier alpha value is -2.00. The van der Waals surface area contributed by atoms with E-state index in [1.807, 2.05) is 6.07 Å². The average Bonchev–Trinajstić information content (AvgIpc) is 2.69. The molecule has 3 heteroatoms. The summed E-state index contributed by atoms with van der Waals surface area (Å²) in [6.07, 6.45) is 0. The lowest BCUT2D eigenvalue weighted by molar-refractivity contribution is 0.228. The van der Waals surface area contributed by atoms with Crippen molar-refractivity contribution in [2.75, 3.05) is 13.2 Å². The SMILES string of the molecule is Cc1ccc(CN)cc1-c1ccc2c(c1)OCC(C)CO2. The molecule has 0 amide bonds. The predicted molar refractivity (Wildman–Crippen MR) is 84.7 cm³/mol. The van der Waals surface area contributed by atoms with E-state index in [2.05, 4.69) is 44.2 Å². The molecule has 0 saturated carbocycles. The summed E-state index contributed by atoms with van der Waals surface area (Å²) >= 11 is 0. The van der Waals surface area contributed by atoms with E-state index in [1.165, 1.54) is 11.1 Å².